The fourth-order valence-corrected chi connectivity index (χ4v) is 5.54. The fraction of sp³-hybridized carbons (Fsp3) is 0.346. The second-order valence-electron chi connectivity index (χ2n) is 9.74. The van der Waals surface area contributed by atoms with Crippen LogP contribution in [0.1, 0.15) is 44.2 Å². The first kappa shape index (κ1) is 26.5. The summed E-state index contributed by atoms with van der Waals surface area (Å²) in [5.74, 6) is 1.22. The molecule has 13 heteroatoms. The number of aromatic nitrogens is 6. The predicted molar refractivity (Wildman–Crippen MR) is 150 cm³/mol. The molecule has 0 spiro atoms. The Morgan fingerprint density at radius 1 is 1.26 bits per heavy atom. The van der Waals surface area contributed by atoms with Gasteiger partial charge in [0.25, 0.3) is 0 Å². The number of fused-ring (bicyclic) bond motifs is 1. The minimum atomic E-state index is -3.44. The molecule has 0 atom stereocenters. The molecule has 4 N–H and O–H groups in total. The molecule has 0 aliphatic heterocycles. The van der Waals surface area contributed by atoms with E-state index in [1.807, 2.05) is 19.1 Å². The molecule has 204 valence electrons. The Balaban J connectivity index is 1.44. The summed E-state index contributed by atoms with van der Waals surface area (Å²) in [7, 11) is -3.44. The maximum Gasteiger partial charge on any atom is 0.235 e. The van der Waals surface area contributed by atoms with Crippen LogP contribution in [0.3, 0.4) is 0 Å². The Bertz CT molecular complexity index is 1670. The van der Waals surface area contributed by atoms with Crippen molar-refractivity contribution in [2.45, 2.75) is 51.4 Å². The van der Waals surface area contributed by atoms with Gasteiger partial charge in [-0.15, -0.1) is 0 Å². The number of sulfonamides is 1. The Kier molecular flexibility index (Phi) is 7.19. The first-order valence-electron chi connectivity index (χ1n) is 12.7. The number of rotatable bonds is 11. The highest BCUT2D eigenvalue weighted by molar-refractivity contribution is 7.90. The minimum absolute atomic E-state index is 0.0181. The SMILES string of the molecule is Cc1cc(-c2cn(C(C)C)c3cc(Nc4ccnc(/C(C=N)=C/NS(=O)(=O)C5CC5)n4)ncc23)nn1CCO. The number of anilines is 2. The molecule has 0 saturated heterocycles. The van der Waals surface area contributed by atoms with Crippen molar-refractivity contribution in [3.63, 3.8) is 0 Å². The highest BCUT2D eigenvalue weighted by atomic mass is 32.2. The molecule has 0 aromatic carbocycles. The summed E-state index contributed by atoms with van der Waals surface area (Å²) in [6.45, 7) is 6.62. The lowest BCUT2D eigenvalue weighted by molar-refractivity contribution is 0.268. The summed E-state index contributed by atoms with van der Waals surface area (Å²) >= 11 is 0. The molecule has 0 unspecified atom stereocenters. The third-order valence-electron chi connectivity index (χ3n) is 6.51. The van der Waals surface area contributed by atoms with E-state index in [1.54, 1.807) is 16.9 Å². The van der Waals surface area contributed by atoms with E-state index in [0.717, 1.165) is 34.1 Å². The lowest BCUT2D eigenvalue weighted by Crippen LogP contribution is -2.22. The van der Waals surface area contributed by atoms with E-state index in [0.29, 0.717) is 31.0 Å². The Morgan fingerprint density at radius 2 is 2.05 bits per heavy atom. The topological polar surface area (TPSA) is 164 Å². The van der Waals surface area contributed by atoms with Gasteiger partial charge in [0.1, 0.15) is 11.6 Å². The van der Waals surface area contributed by atoms with Gasteiger partial charge in [-0.2, -0.15) is 5.10 Å². The second-order valence-corrected chi connectivity index (χ2v) is 11.7. The van der Waals surface area contributed by atoms with Crippen molar-refractivity contribution in [1.82, 2.24) is 34.0 Å². The fourth-order valence-electron chi connectivity index (χ4n) is 4.30. The summed E-state index contributed by atoms with van der Waals surface area (Å²) in [4.78, 5) is 13.3. The van der Waals surface area contributed by atoms with Crippen LogP contribution < -0.4 is 10.0 Å². The molecule has 39 heavy (non-hydrogen) atoms. The quantitative estimate of drug-likeness (QED) is 0.207. The molecule has 1 saturated carbocycles. The molecule has 4 heterocycles. The summed E-state index contributed by atoms with van der Waals surface area (Å²) in [5, 5.41) is 25.5. The lowest BCUT2D eigenvalue weighted by Gasteiger charge is -2.11. The van der Waals surface area contributed by atoms with Crippen LogP contribution in [0.15, 0.2) is 43.0 Å². The van der Waals surface area contributed by atoms with Crippen molar-refractivity contribution in [2.24, 2.45) is 0 Å². The van der Waals surface area contributed by atoms with Crippen molar-refractivity contribution in [2.75, 3.05) is 11.9 Å². The minimum Gasteiger partial charge on any atom is -0.394 e. The van der Waals surface area contributed by atoms with E-state index in [4.69, 9.17) is 5.41 Å². The van der Waals surface area contributed by atoms with Crippen LogP contribution in [0, 0.1) is 12.3 Å². The van der Waals surface area contributed by atoms with Gasteiger partial charge < -0.3 is 20.4 Å². The number of nitrogens with zero attached hydrogens (tertiary/aromatic N) is 6. The van der Waals surface area contributed by atoms with Crippen molar-refractivity contribution in [1.29, 1.82) is 5.41 Å². The number of aliphatic hydroxyl groups is 1. The normalized spacial score (nSPS) is 14.2. The Morgan fingerprint density at radius 3 is 2.74 bits per heavy atom. The van der Waals surface area contributed by atoms with Crippen LogP contribution in [0.5, 0.6) is 0 Å². The van der Waals surface area contributed by atoms with Gasteiger partial charge in [0, 0.05) is 59.8 Å². The second kappa shape index (κ2) is 10.6. The zero-order valence-corrected chi connectivity index (χ0v) is 22.8. The van der Waals surface area contributed by atoms with Gasteiger partial charge in [-0.1, -0.05) is 0 Å². The van der Waals surface area contributed by atoms with Crippen molar-refractivity contribution >= 4 is 44.3 Å². The van der Waals surface area contributed by atoms with Gasteiger partial charge in [0.15, 0.2) is 5.82 Å². The molecule has 4 aromatic heterocycles. The summed E-state index contributed by atoms with van der Waals surface area (Å²) in [6, 6.07) is 5.80. The Hall–Kier alpha value is -4.10. The van der Waals surface area contributed by atoms with Crippen molar-refractivity contribution in [3.05, 3.63) is 54.5 Å². The van der Waals surface area contributed by atoms with E-state index in [1.165, 1.54) is 12.4 Å². The number of aliphatic hydroxyl groups excluding tert-OH is 1. The van der Waals surface area contributed by atoms with Gasteiger partial charge in [-0.05, 0) is 45.7 Å². The predicted octanol–water partition coefficient (Wildman–Crippen LogP) is 3.39. The molecule has 0 radical (unpaired) electrons. The smallest absolute Gasteiger partial charge is 0.235 e. The number of allylic oxidation sites excluding steroid dienone is 1. The van der Waals surface area contributed by atoms with E-state index in [2.05, 4.69) is 54.7 Å². The monoisotopic (exact) mass is 549 g/mol. The van der Waals surface area contributed by atoms with Gasteiger partial charge in [-0.25, -0.2) is 23.4 Å². The zero-order chi connectivity index (χ0) is 27.7. The summed E-state index contributed by atoms with van der Waals surface area (Å²) < 4.78 is 30.7. The molecular formula is C26H31N9O3S. The standard InChI is InChI=1S/C26H31N9O3S/c1-16(2)34-15-21(22-10-17(3)35(33-22)8-9-36)20-14-29-25(11-23(20)34)31-24-6-7-28-26(32-24)18(12-27)13-30-39(37,38)19-4-5-19/h6-7,10-16,19,27,30,36H,4-5,8-9H2,1-3H3,(H,28,29,31,32)/b18-13+,27-12?. The van der Waals surface area contributed by atoms with Gasteiger partial charge in [0.05, 0.1) is 35.2 Å². The molecule has 1 aliphatic rings. The third-order valence-corrected chi connectivity index (χ3v) is 8.31. The van der Waals surface area contributed by atoms with E-state index < -0.39 is 10.0 Å². The average molecular weight is 550 g/mol. The van der Waals surface area contributed by atoms with Crippen molar-refractivity contribution < 1.29 is 13.5 Å². The zero-order valence-electron chi connectivity index (χ0n) is 22.0. The number of aryl methyl sites for hydroxylation is 1. The maximum absolute atomic E-state index is 12.2. The van der Waals surface area contributed by atoms with Crippen LogP contribution in [0.4, 0.5) is 11.6 Å². The number of hydrogen-bond donors (Lipinski definition) is 4. The molecule has 0 amide bonds. The van der Waals surface area contributed by atoms with Crippen molar-refractivity contribution in [3.8, 4) is 11.3 Å². The lowest BCUT2D eigenvalue weighted by atomic mass is 10.1. The van der Waals surface area contributed by atoms with Gasteiger partial charge >= 0.3 is 0 Å². The largest absolute Gasteiger partial charge is 0.394 e. The van der Waals surface area contributed by atoms with Crippen LogP contribution >= 0.6 is 0 Å². The van der Waals surface area contributed by atoms with Crippen LogP contribution in [-0.2, 0) is 16.6 Å². The molecule has 0 bridgehead atoms. The molecule has 1 aliphatic carbocycles. The van der Waals surface area contributed by atoms with Gasteiger partial charge in [-0.3, -0.25) is 9.40 Å². The first-order valence-corrected chi connectivity index (χ1v) is 14.2. The number of nitrogens with one attached hydrogen (secondary N) is 3. The third kappa shape index (κ3) is 5.54. The van der Waals surface area contributed by atoms with Crippen LogP contribution in [0.25, 0.3) is 27.7 Å². The number of hydrogen-bond acceptors (Lipinski definition) is 9. The molecule has 1 fully saturated rings. The first-order chi connectivity index (χ1) is 18.7. The van der Waals surface area contributed by atoms with E-state index in [9.17, 15) is 13.5 Å². The van der Waals surface area contributed by atoms with Crippen LogP contribution in [-0.4, -0.2) is 60.9 Å². The van der Waals surface area contributed by atoms with E-state index >= 15 is 0 Å². The van der Waals surface area contributed by atoms with E-state index in [-0.39, 0.29) is 29.3 Å². The maximum atomic E-state index is 12.2. The molecule has 12 nitrogen and oxygen atoms in total. The highest BCUT2D eigenvalue weighted by Crippen LogP contribution is 2.33. The molecule has 4 aromatic rings. The van der Waals surface area contributed by atoms with Gasteiger partial charge in [0.2, 0.25) is 10.0 Å². The average Bonchev–Trinajstić information content (AvgIpc) is 3.62. The summed E-state index contributed by atoms with van der Waals surface area (Å²) in [6.07, 6.45) is 8.96. The molecule has 5 rings (SSSR count). The number of pyridine rings is 1. The highest BCUT2D eigenvalue weighted by Gasteiger charge is 2.35. The molecular weight excluding hydrogens is 518 g/mol. The Labute approximate surface area is 226 Å². The summed E-state index contributed by atoms with van der Waals surface area (Å²) in [5.41, 5.74) is 3.94. The van der Waals surface area contributed by atoms with Crippen LogP contribution in [0.2, 0.25) is 0 Å².